The summed E-state index contributed by atoms with van der Waals surface area (Å²) in [5, 5.41) is 63.8. The number of ether oxygens (including phenoxy) is 6. The van der Waals surface area contributed by atoms with Crippen molar-refractivity contribution in [3.8, 4) is 28.7 Å². The van der Waals surface area contributed by atoms with E-state index in [0.717, 1.165) is 148 Å². The largest absolute Gasteiger partial charge is 0.497 e. The summed E-state index contributed by atoms with van der Waals surface area (Å²) in [7, 11) is 12.2. The minimum atomic E-state index is -0.414. The lowest BCUT2D eigenvalue weighted by atomic mass is 9.80. The van der Waals surface area contributed by atoms with Crippen molar-refractivity contribution in [2.45, 2.75) is 141 Å². The number of nitrogens with zero attached hydrogens (tertiary/aromatic N) is 5. The number of esters is 1. The minimum Gasteiger partial charge on any atom is -0.497 e. The first kappa shape index (κ1) is 106. The Balaban J connectivity index is 0.000000146. The van der Waals surface area contributed by atoms with E-state index in [1.807, 2.05) is 196 Å². The Labute approximate surface area is 875 Å². The number of oxime groups is 4. The number of hydrogen-bond donors (Lipinski definition) is 7. The van der Waals surface area contributed by atoms with Crippen molar-refractivity contribution in [2.24, 2.45) is 20.6 Å². The van der Waals surface area contributed by atoms with Crippen LogP contribution in [0.25, 0.3) is 0 Å². The fraction of sp³-hybridized carbons (Fsp3) is 0.257. The lowest BCUT2D eigenvalue weighted by Crippen LogP contribution is -2.32. The Morgan fingerprint density at radius 2 is 0.703 bits per heavy atom. The van der Waals surface area contributed by atoms with Crippen LogP contribution in [0.1, 0.15) is 195 Å². The van der Waals surface area contributed by atoms with Crippen LogP contribution in [0.5, 0.6) is 28.7 Å². The van der Waals surface area contributed by atoms with Gasteiger partial charge in [-0.3, -0.25) is 14.4 Å². The van der Waals surface area contributed by atoms with Gasteiger partial charge in [0.2, 0.25) is 0 Å². The van der Waals surface area contributed by atoms with Gasteiger partial charge in [-0.25, -0.2) is 13.6 Å². The number of likely N-dealkylation sites (N-methyl/N-ethyl adjacent to an activating group) is 1. The summed E-state index contributed by atoms with van der Waals surface area (Å²) in [6, 6.07) is 81.3. The number of carbonyl (C=O) groups is 4. The standard InChI is InChI=1S/C31H30N2O4S2.C30H27FN2O3S2.C27H31N3O3S2.C25H24FNO4S2/c1-36-24-12-8-20(9-13-24)18-32-30(34)29-26-16-23(22-10-14-25(37-2)15-11-22)17-27(33-35)28(26)31(39-29)38-19-21-6-4-3-5-7-21;1-36-23-13-11-20(12-14-23)22-15-24-27(26(16-22)33-35)30(37-18-19-7-3-2-4-8-19)38-28(24)29(34)32-17-21-9-5-6-10-25(21)31;1-30(2)14-13-28-26(31)25-22-15-20(19-9-11-21(33-3)12-10-19)16-23(29-32)24(22)27(35-25)34-17-18-7-5-4-6-8-18;1-4-31-24(28)23-18-12-16(15-6-8-17(30-3)9-7-15)13-20(27-29)22(18)25(33-23)32-21-10-5-14(2)11-19(21)26/h3-15,23,35H,16-19H2,1-2H3,(H,32,34);2-14,22,35H,15-18H2,1H3,(H,32,34);4-12,20,32H,13-17H2,1-3H3,(H,28,31);5-11,16,29H,4,12-13H2,1-3H3/b33-27+;33-26+;29-23+;27-20+. The number of thiophene rings is 4. The molecule has 0 fully saturated rings. The van der Waals surface area contributed by atoms with Crippen molar-refractivity contribution < 1.29 is 77.2 Å². The number of fused-ring (bicyclic) bond motifs is 4. The van der Waals surface area contributed by atoms with Gasteiger partial charge >= 0.3 is 5.97 Å². The Morgan fingerprint density at radius 1 is 0.379 bits per heavy atom. The first-order chi connectivity index (χ1) is 70.6. The summed E-state index contributed by atoms with van der Waals surface area (Å²) in [6.07, 6.45) is 4.90. The van der Waals surface area contributed by atoms with Gasteiger partial charge < -0.3 is 70.1 Å². The predicted octanol–water partition coefficient (Wildman–Crippen LogP) is 25.6. The first-order valence-corrected chi connectivity index (χ1v) is 54.2. The molecular formula is C113H112F2N8O14S8. The maximum Gasteiger partial charge on any atom is 0.348 e. The fourth-order valence-electron chi connectivity index (χ4n) is 17.8. The van der Waals surface area contributed by atoms with Gasteiger partial charge in [0.1, 0.15) is 45.3 Å². The van der Waals surface area contributed by atoms with Crippen LogP contribution >= 0.6 is 92.4 Å². The van der Waals surface area contributed by atoms with Gasteiger partial charge in [-0.1, -0.05) is 208 Å². The lowest BCUT2D eigenvalue weighted by Gasteiger charge is -2.25. The highest BCUT2D eigenvalue weighted by molar-refractivity contribution is 8.01. The van der Waals surface area contributed by atoms with E-state index < -0.39 is 5.97 Å². The van der Waals surface area contributed by atoms with Crippen molar-refractivity contribution in [3.63, 3.8) is 0 Å². The number of rotatable bonds is 32. The monoisotopic (exact) mass is 2100 g/mol. The third-order valence-electron chi connectivity index (χ3n) is 25.3. The summed E-state index contributed by atoms with van der Waals surface area (Å²) in [4.78, 5) is 58.0. The molecule has 0 radical (unpaired) electrons. The summed E-state index contributed by atoms with van der Waals surface area (Å²) in [6.45, 7) is 5.69. The highest BCUT2D eigenvalue weighted by Gasteiger charge is 2.40. The molecule has 0 bridgehead atoms. The Bertz CT molecular complexity index is 6930. The number of carbonyl (C=O) groups excluding carboxylic acids is 4. The number of methoxy groups -OCH3 is 5. The molecule has 4 aromatic heterocycles. The Kier molecular flexibility index (Phi) is 37.8. The number of amides is 3. The van der Waals surface area contributed by atoms with Gasteiger partial charge in [-0.2, -0.15) is 0 Å². The van der Waals surface area contributed by atoms with Gasteiger partial charge in [-0.05, 0) is 228 Å². The topological polar surface area (TPSA) is 293 Å². The van der Waals surface area contributed by atoms with Crippen LogP contribution in [0.3, 0.4) is 0 Å². The third-order valence-corrected chi connectivity index (χ3v) is 35.5. The Hall–Kier alpha value is -13.0. The number of benzene rings is 10. The zero-order valence-electron chi connectivity index (χ0n) is 81.5. The molecule has 4 aliphatic carbocycles. The summed E-state index contributed by atoms with van der Waals surface area (Å²) < 4.78 is 64.2. The highest BCUT2D eigenvalue weighted by atomic mass is 32.2. The average Bonchev–Trinajstić information content (AvgIpc) is 1.62. The van der Waals surface area contributed by atoms with E-state index in [9.17, 15) is 48.8 Å². The zero-order valence-corrected chi connectivity index (χ0v) is 88.0. The molecule has 750 valence electrons. The van der Waals surface area contributed by atoms with E-state index in [1.165, 1.54) is 85.9 Å². The summed E-state index contributed by atoms with van der Waals surface area (Å²) in [5.74, 6) is 4.91. The van der Waals surface area contributed by atoms with Gasteiger partial charge in [0, 0.05) is 102 Å². The van der Waals surface area contributed by atoms with Crippen molar-refractivity contribution >= 4 is 139 Å². The van der Waals surface area contributed by atoms with Crippen LogP contribution in [-0.2, 0) is 60.8 Å². The van der Waals surface area contributed by atoms with E-state index in [4.69, 9.17) is 28.4 Å². The van der Waals surface area contributed by atoms with Crippen LogP contribution in [0.2, 0.25) is 0 Å². The predicted molar refractivity (Wildman–Crippen MR) is 579 cm³/mol. The lowest BCUT2D eigenvalue weighted by molar-refractivity contribution is 0.0530. The number of hydrogen-bond acceptors (Lipinski definition) is 27. The van der Waals surface area contributed by atoms with Crippen LogP contribution in [0, 0.1) is 18.6 Å². The van der Waals surface area contributed by atoms with Crippen molar-refractivity contribution in [1.82, 2.24) is 20.9 Å². The second kappa shape index (κ2) is 51.7. The number of nitrogens with one attached hydrogen (secondary N) is 3. The molecule has 0 saturated carbocycles. The molecule has 0 aliphatic heterocycles. The summed E-state index contributed by atoms with van der Waals surface area (Å²) in [5.41, 5.74) is 19.5. The maximum atomic E-state index is 14.6. The van der Waals surface area contributed by atoms with E-state index >= 15 is 0 Å². The molecule has 14 aromatic rings. The van der Waals surface area contributed by atoms with E-state index in [-0.39, 0.29) is 66.2 Å². The van der Waals surface area contributed by atoms with Crippen LogP contribution < -0.4 is 39.6 Å². The summed E-state index contributed by atoms with van der Waals surface area (Å²) >= 11 is 11.9. The molecular weight excluding hydrogens is 1990 g/mol. The minimum absolute atomic E-state index is 0.0195. The van der Waals surface area contributed by atoms with Crippen molar-refractivity contribution in [2.75, 3.05) is 69.3 Å². The van der Waals surface area contributed by atoms with Gasteiger partial charge in [0.05, 0.1) is 96.5 Å². The molecule has 145 heavy (non-hydrogen) atoms. The molecule has 7 N–H and O–H groups in total. The number of thioether (sulfide) groups is 3. The maximum absolute atomic E-state index is 14.6. The van der Waals surface area contributed by atoms with Gasteiger partial charge in [0.15, 0.2) is 0 Å². The second-order valence-electron chi connectivity index (χ2n) is 34.9. The third kappa shape index (κ3) is 26.8. The number of halogens is 2. The van der Waals surface area contributed by atoms with Crippen LogP contribution in [0.15, 0.2) is 297 Å². The van der Waals surface area contributed by atoms with E-state index in [2.05, 4.69) is 85.1 Å². The normalized spacial score (nSPS) is 16.0. The number of aryl methyl sites for hydroxylation is 1. The first-order valence-electron chi connectivity index (χ1n) is 47.1. The average molecular weight is 2100 g/mol. The SMILES string of the molecule is CCOC(=O)c1sc(Sc2ccc(C)cc2F)c2c1CC(c1ccc(OC)cc1)C/C2=N\O.COc1ccc(C2C/C(=N\O)c3c(SCc4ccccc4)sc(C(=O)NCCN(C)C)c3C2)cc1.COc1ccc(C2C/C(=N\O)c3c(SCc4ccccc4)sc(C(=O)NCc4ccccc4F)c3C2)cc1.COc1ccc(CNC(=O)c2sc(SCc3ccccc3)c3c2CC(c2ccc(OC)cc2)C/C3=N\O)cc1. The van der Waals surface area contributed by atoms with Gasteiger partial charge in [-0.15, -0.1) is 80.6 Å². The molecule has 3 amide bonds. The second-order valence-corrected chi connectivity index (χ2v) is 44.1. The van der Waals surface area contributed by atoms with Crippen molar-refractivity contribution in [3.05, 3.63) is 386 Å². The van der Waals surface area contributed by atoms with Crippen molar-refractivity contribution in [1.29, 1.82) is 0 Å². The molecule has 4 aliphatic rings. The molecule has 18 rings (SSSR count). The molecule has 22 nitrogen and oxygen atoms in total. The molecule has 4 heterocycles. The van der Waals surface area contributed by atoms with Crippen LogP contribution in [-0.4, -0.2) is 142 Å². The molecule has 0 saturated heterocycles. The van der Waals surface area contributed by atoms with Gasteiger partial charge in [0.25, 0.3) is 17.7 Å². The molecule has 4 atom stereocenters. The zero-order chi connectivity index (χ0) is 102. The molecule has 0 spiro atoms. The van der Waals surface area contributed by atoms with E-state index in [0.29, 0.717) is 116 Å². The molecule has 32 heteroatoms. The highest BCUT2D eigenvalue weighted by Crippen LogP contribution is 2.52. The fourth-order valence-corrected chi connectivity index (χ4v) is 27.9. The Morgan fingerprint density at radius 3 is 1.04 bits per heavy atom. The smallest absolute Gasteiger partial charge is 0.348 e. The van der Waals surface area contributed by atoms with E-state index in [1.54, 1.807) is 102 Å². The quantitative estimate of drug-likeness (QED) is 0.00892. The molecule has 10 aromatic carbocycles. The van der Waals surface area contributed by atoms with Crippen LogP contribution in [0.4, 0.5) is 8.78 Å². The molecule has 4 unspecified atom stereocenters.